The van der Waals surface area contributed by atoms with Crippen molar-refractivity contribution in [3.63, 3.8) is 0 Å². The van der Waals surface area contributed by atoms with Gasteiger partial charge in [-0.2, -0.15) is 11.8 Å². The van der Waals surface area contributed by atoms with E-state index in [0.29, 0.717) is 6.42 Å². The first-order valence-corrected chi connectivity index (χ1v) is 4.05. The van der Waals surface area contributed by atoms with Crippen LogP contribution in [-0.2, 0) is 4.79 Å². The van der Waals surface area contributed by atoms with Gasteiger partial charge in [-0.25, -0.2) is 0 Å². The molecule has 0 aliphatic rings. The molecular weight excluding hydrogens is 161 g/mol. The van der Waals surface area contributed by atoms with Crippen LogP contribution in [0, 0.1) is 0 Å². The molecule has 0 aliphatic heterocycles. The molecule has 0 saturated carbocycles. The van der Waals surface area contributed by atoms with Crippen molar-refractivity contribution >= 4 is 47.3 Å². The molecule has 5 heteroatoms. The summed E-state index contributed by atoms with van der Waals surface area (Å²) in [5, 5.41) is 8.27. The van der Waals surface area contributed by atoms with Gasteiger partial charge < -0.3 is 10.8 Å². The molecule has 0 unspecified atom stereocenters. The summed E-state index contributed by atoms with van der Waals surface area (Å²) in [7, 11) is 0. The van der Waals surface area contributed by atoms with Crippen LogP contribution in [0.3, 0.4) is 0 Å². The molecule has 0 aliphatic carbocycles. The minimum atomic E-state index is -0.913. The van der Waals surface area contributed by atoms with Gasteiger partial charge in [0.15, 0.2) is 0 Å². The maximum atomic E-state index is 10.1. The third-order valence-electron chi connectivity index (χ3n) is 0.950. The molecule has 56 valence electrons. The summed E-state index contributed by atoms with van der Waals surface area (Å²) in [6.07, 6.45) is 2.48. The molecule has 0 aromatic rings. The van der Waals surface area contributed by atoms with Gasteiger partial charge in [-0.05, 0) is 18.4 Å². The second-order valence-corrected chi connectivity index (χ2v) is 2.71. The Morgan fingerprint density at radius 2 is 2.30 bits per heavy atom. The number of rotatable bonds is 4. The Morgan fingerprint density at radius 1 is 1.80 bits per heavy atom. The minimum absolute atomic E-state index is 0. The Kier molecular flexibility index (Phi) is 10.5. The summed E-state index contributed by atoms with van der Waals surface area (Å²) >= 11 is 1.60. The first kappa shape index (κ1) is 13.4. The Balaban J connectivity index is 0. The van der Waals surface area contributed by atoms with Gasteiger partial charge in [0.25, 0.3) is 0 Å². The SMILES string of the molecule is CSCC[C@@H](N)C(=O)O.[NaH]. The van der Waals surface area contributed by atoms with E-state index < -0.39 is 12.0 Å². The predicted octanol–water partition coefficient (Wildman–Crippen LogP) is -0.497. The molecule has 3 N–H and O–H groups in total. The molecule has 10 heavy (non-hydrogen) atoms. The van der Waals surface area contributed by atoms with Crippen LogP contribution in [0.1, 0.15) is 6.42 Å². The van der Waals surface area contributed by atoms with Crippen LogP contribution in [0.5, 0.6) is 0 Å². The number of carboxylic acids is 1. The van der Waals surface area contributed by atoms with Gasteiger partial charge in [0, 0.05) is 0 Å². The molecule has 0 saturated heterocycles. The second-order valence-electron chi connectivity index (χ2n) is 1.73. The Hall–Kier alpha value is 0.780. The van der Waals surface area contributed by atoms with Gasteiger partial charge in [0.2, 0.25) is 0 Å². The number of hydrogen-bond donors (Lipinski definition) is 2. The summed E-state index contributed by atoms with van der Waals surface area (Å²) < 4.78 is 0. The van der Waals surface area contributed by atoms with Crippen LogP contribution >= 0.6 is 11.8 Å². The summed E-state index contributed by atoms with van der Waals surface area (Å²) in [5.41, 5.74) is 5.19. The van der Waals surface area contributed by atoms with Crippen molar-refractivity contribution in [3.05, 3.63) is 0 Å². The third kappa shape index (κ3) is 6.89. The van der Waals surface area contributed by atoms with Gasteiger partial charge in [-0.15, -0.1) is 0 Å². The molecule has 0 radical (unpaired) electrons. The predicted molar refractivity (Wildman–Crippen MR) is 45.8 cm³/mol. The number of carbonyl (C=O) groups is 1. The van der Waals surface area contributed by atoms with Crippen molar-refractivity contribution in [2.75, 3.05) is 12.0 Å². The molecule has 0 aromatic heterocycles. The van der Waals surface area contributed by atoms with E-state index >= 15 is 0 Å². The summed E-state index contributed by atoms with van der Waals surface area (Å²) in [6, 6.07) is -0.683. The second kappa shape index (κ2) is 7.88. The fourth-order valence-electron chi connectivity index (χ4n) is 0.368. The molecule has 0 rings (SSSR count). The zero-order valence-electron chi connectivity index (χ0n) is 5.33. The molecular formula is C5H12NNaO2S. The topological polar surface area (TPSA) is 63.3 Å². The van der Waals surface area contributed by atoms with E-state index in [9.17, 15) is 4.79 Å². The number of nitrogens with two attached hydrogens (primary N) is 1. The van der Waals surface area contributed by atoms with Crippen LogP contribution in [0.4, 0.5) is 0 Å². The fraction of sp³-hybridized carbons (Fsp3) is 0.800. The van der Waals surface area contributed by atoms with Gasteiger partial charge in [0.1, 0.15) is 6.04 Å². The Bertz CT molecular complexity index is 102. The Morgan fingerprint density at radius 3 is 2.60 bits per heavy atom. The van der Waals surface area contributed by atoms with Crippen molar-refractivity contribution in [2.24, 2.45) is 5.73 Å². The van der Waals surface area contributed by atoms with Crippen molar-refractivity contribution in [3.8, 4) is 0 Å². The van der Waals surface area contributed by atoms with Crippen LogP contribution in [0.25, 0.3) is 0 Å². The molecule has 0 aromatic carbocycles. The van der Waals surface area contributed by atoms with E-state index in [1.165, 1.54) is 0 Å². The van der Waals surface area contributed by atoms with Gasteiger partial charge in [-0.3, -0.25) is 4.79 Å². The van der Waals surface area contributed by atoms with Crippen LogP contribution in [-0.4, -0.2) is 58.7 Å². The van der Waals surface area contributed by atoms with Gasteiger partial charge >= 0.3 is 35.5 Å². The summed E-state index contributed by atoms with van der Waals surface area (Å²) in [5.74, 6) is -0.1000. The van der Waals surface area contributed by atoms with Crippen LogP contribution in [0.2, 0.25) is 0 Å². The van der Waals surface area contributed by atoms with E-state index in [-0.39, 0.29) is 29.6 Å². The number of hydrogen-bond acceptors (Lipinski definition) is 3. The normalized spacial score (nSPS) is 11.8. The zero-order valence-corrected chi connectivity index (χ0v) is 6.15. The average Bonchev–Trinajstić information content (AvgIpc) is 1.82. The molecule has 3 nitrogen and oxygen atoms in total. The third-order valence-corrected chi connectivity index (χ3v) is 1.59. The molecule has 0 bridgehead atoms. The molecule has 0 fully saturated rings. The number of carboxylic acid groups (broad SMARTS) is 1. The Labute approximate surface area is 87.0 Å². The van der Waals surface area contributed by atoms with E-state index in [2.05, 4.69) is 0 Å². The molecule has 0 heterocycles. The molecule has 1 atom stereocenters. The van der Waals surface area contributed by atoms with Crippen molar-refractivity contribution < 1.29 is 9.90 Å². The van der Waals surface area contributed by atoms with E-state index in [1.54, 1.807) is 11.8 Å². The van der Waals surface area contributed by atoms with Gasteiger partial charge in [-0.1, -0.05) is 0 Å². The van der Waals surface area contributed by atoms with Crippen molar-refractivity contribution in [1.82, 2.24) is 0 Å². The first-order chi connectivity index (χ1) is 4.18. The fourth-order valence-corrected chi connectivity index (χ4v) is 0.858. The van der Waals surface area contributed by atoms with E-state index in [0.717, 1.165) is 5.75 Å². The van der Waals surface area contributed by atoms with Crippen molar-refractivity contribution in [1.29, 1.82) is 0 Å². The van der Waals surface area contributed by atoms with Crippen molar-refractivity contribution in [2.45, 2.75) is 12.5 Å². The van der Waals surface area contributed by atoms with E-state index in [4.69, 9.17) is 10.8 Å². The van der Waals surface area contributed by atoms with Crippen LogP contribution in [0.15, 0.2) is 0 Å². The first-order valence-electron chi connectivity index (χ1n) is 2.65. The summed E-state index contributed by atoms with van der Waals surface area (Å²) in [6.45, 7) is 0. The molecule has 0 spiro atoms. The monoisotopic (exact) mass is 173 g/mol. The quantitative estimate of drug-likeness (QED) is 0.563. The van der Waals surface area contributed by atoms with Gasteiger partial charge in [0.05, 0.1) is 0 Å². The number of thioether (sulfide) groups is 1. The summed E-state index contributed by atoms with van der Waals surface area (Å²) in [4.78, 5) is 10.1. The average molecular weight is 173 g/mol. The van der Waals surface area contributed by atoms with Crippen LogP contribution < -0.4 is 5.73 Å². The maximum absolute atomic E-state index is 10.1. The molecule has 0 amide bonds. The van der Waals surface area contributed by atoms with E-state index in [1.807, 2.05) is 6.26 Å². The standard InChI is InChI=1S/C5H11NO2S.Na.H/c1-9-3-2-4(6)5(7)8;;/h4H,2-3,6H2,1H3,(H,7,8);;/t4-;;/m1../s1. The number of aliphatic carboxylic acids is 1. The zero-order chi connectivity index (χ0) is 7.28.